The van der Waals surface area contributed by atoms with Crippen LogP contribution in [0.25, 0.3) is 6.08 Å². The van der Waals surface area contributed by atoms with E-state index in [1.54, 1.807) is 30.6 Å². The highest BCUT2D eigenvalue weighted by Crippen LogP contribution is 2.21. The molecule has 0 saturated carbocycles. The van der Waals surface area contributed by atoms with Crippen LogP contribution in [-0.2, 0) is 11.3 Å². The Morgan fingerprint density at radius 3 is 2.86 bits per heavy atom. The molecule has 0 atom stereocenters. The summed E-state index contributed by atoms with van der Waals surface area (Å²) < 4.78 is 13.7. The van der Waals surface area contributed by atoms with E-state index in [-0.39, 0.29) is 22.7 Å². The van der Waals surface area contributed by atoms with Crippen molar-refractivity contribution in [1.82, 2.24) is 10.3 Å². The molecule has 1 amide bonds. The SMILES string of the molecule is N#C/C(=C/c1c(F)cccc1Cl)C(=O)NCc1cccnc1. The lowest BCUT2D eigenvalue weighted by Crippen LogP contribution is -2.24. The number of carbonyl (C=O) groups is 1. The summed E-state index contributed by atoms with van der Waals surface area (Å²) in [6, 6.07) is 9.42. The Balaban J connectivity index is 2.16. The molecule has 0 unspecified atom stereocenters. The summed E-state index contributed by atoms with van der Waals surface area (Å²) in [7, 11) is 0. The monoisotopic (exact) mass is 315 g/mol. The third-order valence-electron chi connectivity index (χ3n) is 2.83. The van der Waals surface area contributed by atoms with Crippen LogP contribution in [0.2, 0.25) is 5.02 Å². The van der Waals surface area contributed by atoms with Crippen molar-refractivity contribution in [3.05, 3.63) is 70.3 Å². The lowest BCUT2D eigenvalue weighted by atomic mass is 10.1. The van der Waals surface area contributed by atoms with E-state index in [2.05, 4.69) is 10.3 Å². The topological polar surface area (TPSA) is 65.8 Å². The smallest absolute Gasteiger partial charge is 0.262 e. The molecular formula is C16H11ClFN3O. The predicted octanol–water partition coefficient (Wildman–Crippen LogP) is 3.10. The molecule has 0 aliphatic heterocycles. The van der Waals surface area contributed by atoms with E-state index in [0.29, 0.717) is 0 Å². The fraction of sp³-hybridized carbons (Fsp3) is 0.0625. The average molecular weight is 316 g/mol. The van der Waals surface area contributed by atoms with E-state index in [4.69, 9.17) is 16.9 Å². The van der Waals surface area contributed by atoms with Gasteiger partial charge >= 0.3 is 0 Å². The van der Waals surface area contributed by atoms with Crippen LogP contribution < -0.4 is 5.32 Å². The van der Waals surface area contributed by atoms with Gasteiger partial charge in [-0.3, -0.25) is 9.78 Å². The highest BCUT2D eigenvalue weighted by Gasteiger charge is 2.12. The molecule has 2 rings (SSSR count). The molecule has 1 heterocycles. The second-order valence-electron chi connectivity index (χ2n) is 4.35. The van der Waals surface area contributed by atoms with Gasteiger partial charge in [0, 0.05) is 24.5 Å². The summed E-state index contributed by atoms with van der Waals surface area (Å²) in [5.74, 6) is -1.20. The maximum absolute atomic E-state index is 13.7. The molecule has 0 aliphatic carbocycles. The number of nitriles is 1. The quantitative estimate of drug-likeness (QED) is 0.696. The van der Waals surface area contributed by atoms with Crippen molar-refractivity contribution in [2.24, 2.45) is 0 Å². The predicted molar refractivity (Wildman–Crippen MR) is 81.1 cm³/mol. The Hall–Kier alpha value is -2.71. The summed E-state index contributed by atoms with van der Waals surface area (Å²) in [6.07, 6.45) is 4.35. The highest BCUT2D eigenvalue weighted by atomic mass is 35.5. The van der Waals surface area contributed by atoms with Crippen molar-refractivity contribution in [2.45, 2.75) is 6.54 Å². The number of amides is 1. The van der Waals surface area contributed by atoms with E-state index in [9.17, 15) is 9.18 Å². The second kappa shape index (κ2) is 7.34. The van der Waals surface area contributed by atoms with Crippen molar-refractivity contribution in [3.8, 4) is 6.07 Å². The summed E-state index contributed by atoms with van der Waals surface area (Å²) in [4.78, 5) is 15.9. The molecule has 0 fully saturated rings. The molecule has 1 N–H and O–H groups in total. The minimum Gasteiger partial charge on any atom is -0.347 e. The van der Waals surface area contributed by atoms with Gasteiger partial charge < -0.3 is 5.32 Å². The molecular weight excluding hydrogens is 305 g/mol. The first-order valence-corrected chi connectivity index (χ1v) is 6.72. The molecule has 22 heavy (non-hydrogen) atoms. The molecule has 110 valence electrons. The van der Waals surface area contributed by atoms with Crippen LogP contribution in [0.3, 0.4) is 0 Å². The van der Waals surface area contributed by atoms with Crippen LogP contribution in [0.4, 0.5) is 4.39 Å². The summed E-state index contributed by atoms with van der Waals surface area (Å²) in [6.45, 7) is 0.219. The highest BCUT2D eigenvalue weighted by molar-refractivity contribution is 6.32. The molecule has 4 nitrogen and oxygen atoms in total. The number of pyridine rings is 1. The number of carbonyl (C=O) groups excluding carboxylic acids is 1. The lowest BCUT2D eigenvalue weighted by Gasteiger charge is -2.05. The number of benzene rings is 1. The third kappa shape index (κ3) is 3.90. The van der Waals surface area contributed by atoms with Gasteiger partial charge in [0.25, 0.3) is 5.91 Å². The van der Waals surface area contributed by atoms with E-state index in [1.807, 2.05) is 0 Å². The van der Waals surface area contributed by atoms with Gasteiger partial charge in [0.2, 0.25) is 0 Å². The van der Waals surface area contributed by atoms with Gasteiger partial charge in [-0.05, 0) is 29.8 Å². The first-order valence-electron chi connectivity index (χ1n) is 6.34. The van der Waals surface area contributed by atoms with Crippen LogP contribution in [0, 0.1) is 17.1 Å². The maximum Gasteiger partial charge on any atom is 0.262 e. The number of rotatable bonds is 4. The van der Waals surface area contributed by atoms with E-state index >= 15 is 0 Å². The number of hydrogen-bond acceptors (Lipinski definition) is 3. The van der Waals surface area contributed by atoms with Gasteiger partial charge in [-0.15, -0.1) is 0 Å². The zero-order valence-corrected chi connectivity index (χ0v) is 12.1. The molecule has 1 aromatic carbocycles. The summed E-state index contributed by atoms with van der Waals surface area (Å²) in [5.41, 5.74) is 0.574. The minimum absolute atomic E-state index is 0.0113. The minimum atomic E-state index is -0.606. The van der Waals surface area contributed by atoms with Crippen LogP contribution in [0.5, 0.6) is 0 Å². The molecule has 6 heteroatoms. The zero-order valence-electron chi connectivity index (χ0n) is 11.4. The molecule has 0 bridgehead atoms. The lowest BCUT2D eigenvalue weighted by molar-refractivity contribution is -0.117. The molecule has 2 aromatic rings. The Kier molecular flexibility index (Phi) is 5.23. The van der Waals surface area contributed by atoms with E-state index < -0.39 is 11.7 Å². The van der Waals surface area contributed by atoms with Crippen LogP contribution in [0.1, 0.15) is 11.1 Å². The third-order valence-corrected chi connectivity index (χ3v) is 3.16. The standard InChI is InChI=1S/C16H11ClFN3O/c17-14-4-1-5-15(18)13(14)7-12(8-19)16(22)21-10-11-3-2-6-20-9-11/h1-7,9H,10H2,(H,21,22)/b12-7-. The van der Waals surface area contributed by atoms with Gasteiger partial charge in [0.1, 0.15) is 17.5 Å². The van der Waals surface area contributed by atoms with Gasteiger partial charge in [-0.25, -0.2) is 4.39 Å². The number of nitrogens with one attached hydrogen (secondary N) is 1. The molecule has 0 saturated heterocycles. The average Bonchev–Trinajstić information content (AvgIpc) is 2.53. The Morgan fingerprint density at radius 1 is 1.41 bits per heavy atom. The molecule has 1 aromatic heterocycles. The first-order chi connectivity index (χ1) is 10.6. The molecule has 0 aliphatic rings. The number of hydrogen-bond donors (Lipinski definition) is 1. The first kappa shape index (κ1) is 15.7. The number of halogens is 2. The zero-order chi connectivity index (χ0) is 15.9. The molecule has 0 spiro atoms. The van der Waals surface area contributed by atoms with E-state index in [1.165, 1.54) is 18.2 Å². The van der Waals surface area contributed by atoms with Crippen molar-refractivity contribution in [3.63, 3.8) is 0 Å². The van der Waals surface area contributed by atoms with Crippen LogP contribution >= 0.6 is 11.6 Å². The van der Waals surface area contributed by atoms with Gasteiger partial charge in [0.15, 0.2) is 0 Å². The van der Waals surface area contributed by atoms with Gasteiger partial charge in [-0.2, -0.15) is 5.26 Å². The van der Waals surface area contributed by atoms with Crippen molar-refractivity contribution < 1.29 is 9.18 Å². The fourth-order valence-corrected chi connectivity index (χ4v) is 1.94. The largest absolute Gasteiger partial charge is 0.347 e. The Labute approximate surface area is 131 Å². The number of nitrogens with zero attached hydrogens (tertiary/aromatic N) is 2. The van der Waals surface area contributed by atoms with E-state index in [0.717, 1.165) is 11.6 Å². The fourth-order valence-electron chi connectivity index (χ4n) is 1.72. The normalized spacial score (nSPS) is 10.9. The molecule has 0 radical (unpaired) electrons. The Bertz CT molecular complexity index is 733. The van der Waals surface area contributed by atoms with Crippen molar-refractivity contribution in [2.75, 3.05) is 0 Å². The summed E-state index contributed by atoms with van der Waals surface area (Å²) >= 11 is 5.87. The Morgan fingerprint density at radius 2 is 2.23 bits per heavy atom. The number of aromatic nitrogens is 1. The van der Waals surface area contributed by atoms with Crippen molar-refractivity contribution in [1.29, 1.82) is 5.26 Å². The second-order valence-corrected chi connectivity index (χ2v) is 4.76. The maximum atomic E-state index is 13.7. The van der Waals surface area contributed by atoms with Crippen LogP contribution in [0.15, 0.2) is 48.3 Å². The van der Waals surface area contributed by atoms with Gasteiger partial charge in [0.05, 0.1) is 5.02 Å². The van der Waals surface area contributed by atoms with Crippen molar-refractivity contribution >= 4 is 23.6 Å². The van der Waals surface area contributed by atoms with Crippen LogP contribution in [-0.4, -0.2) is 10.9 Å². The van der Waals surface area contributed by atoms with Gasteiger partial charge in [-0.1, -0.05) is 23.7 Å². The summed E-state index contributed by atoms with van der Waals surface area (Å²) in [5, 5.41) is 11.8.